The minimum atomic E-state index is -0.238. The van der Waals surface area contributed by atoms with Gasteiger partial charge in [-0.3, -0.25) is 4.98 Å². The topological polar surface area (TPSA) is 37.4 Å². The number of piperidine rings is 1. The van der Waals surface area contributed by atoms with Crippen LogP contribution in [0, 0.1) is 0 Å². The molecule has 4 rings (SSSR count). The maximum atomic E-state index is 6.48. The van der Waals surface area contributed by atoms with E-state index in [0.717, 1.165) is 30.8 Å². The van der Waals surface area contributed by atoms with Crippen molar-refractivity contribution in [3.63, 3.8) is 0 Å². The van der Waals surface area contributed by atoms with Crippen molar-refractivity contribution in [3.05, 3.63) is 30.5 Å². The van der Waals surface area contributed by atoms with Crippen LogP contribution in [0.4, 0.5) is 5.69 Å². The van der Waals surface area contributed by atoms with Gasteiger partial charge in [-0.2, -0.15) is 0 Å². The minimum absolute atomic E-state index is 0.0254. The molecule has 0 radical (unpaired) electrons. The Morgan fingerprint density at radius 1 is 1.27 bits per heavy atom. The lowest BCUT2D eigenvalue weighted by atomic mass is 9.73. The van der Waals surface area contributed by atoms with Crippen LogP contribution >= 0.6 is 0 Å². The van der Waals surface area contributed by atoms with E-state index in [9.17, 15) is 0 Å². The number of nitrogens with zero attached hydrogens (tertiary/aromatic N) is 2. The first-order valence-electron chi connectivity index (χ1n) is 8.06. The molecule has 22 heavy (non-hydrogen) atoms. The third-order valence-electron chi connectivity index (χ3n) is 5.54. The quantitative estimate of drug-likeness (QED) is 0.811. The van der Waals surface area contributed by atoms with E-state index in [0.29, 0.717) is 0 Å². The summed E-state index contributed by atoms with van der Waals surface area (Å²) in [4.78, 5) is 6.94. The number of nitrogens with one attached hydrogen (secondary N) is 1. The van der Waals surface area contributed by atoms with Crippen molar-refractivity contribution in [2.75, 3.05) is 25.0 Å². The second kappa shape index (κ2) is 4.59. The fourth-order valence-electron chi connectivity index (χ4n) is 4.22. The van der Waals surface area contributed by atoms with Crippen molar-refractivity contribution in [3.8, 4) is 5.75 Å². The van der Waals surface area contributed by atoms with E-state index in [4.69, 9.17) is 4.74 Å². The van der Waals surface area contributed by atoms with E-state index in [-0.39, 0.29) is 11.1 Å². The second-order valence-corrected chi connectivity index (χ2v) is 6.97. The molecule has 1 saturated heterocycles. The number of hydrogen-bond acceptors (Lipinski definition) is 4. The van der Waals surface area contributed by atoms with Gasteiger partial charge in [0, 0.05) is 25.2 Å². The summed E-state index contributed by atoms with van der Waals surface area (Å²) in [6.45, 7) is 6.47. The summed E-state index contributed by atoms with van der Waals surface area (Å²) in [6, 6.07) is 8.26. The van der Waals surface area contributed by atoms with Crippen molar-refractivity contribution >= 4 is 16.6 Å². The summed E-state index contributed by atoms with van der Waals surface area (Å²) in [7, 11) is 2.21. The molecule has 0 bridgehead atoms. The molecule has 1 spiro atoms. The Labute approximate surface area is 131 Å². The van der Waals surface area contributed by atoms with Gasteiger partial charge in [0.15, 0.2) is 0 Å². The van der Waals surface area contributed by atoms with Crippen LogP contribution in [0.2, 0.25) is 0 Å². The number of benzene rings is 1. The van der Waals surface area contributed by atoms with Crippen LogP contribution in [0.25, 0.3) is 10.9 Å². The van der Waals surface area contributed by atoms with Crippen LogP contribution < -0.4 is 15.0 Å². The lowest BCUT2D eigenvalue weighted by Gasteiger charge is -2.58. The predicted octanol–water partition coefficient (Wildman–Crippen LogP) is 2.96. The lowest BCUT2D eigenvalue weighted by Crippen LogP contribution is -2.71. The number of pyridine rings is 1. The highest BCUT2D eigenvalue weighted by molar-refractivity contribution is 5.96. The highest BCUT2D eigenvalue weighted by Crippen LogP contribution is 2.50. The number of anilines is 1. The maximum Gasteiger partial charge on any atom is 0.144 e. The molecule has 1 fully saturated rings. The average Bonchev–Trinajstić information content (AvgIpc) is 2.53. The molecule has 2 aliphatic rings. The Hall–Kier alpha value is -1.81. The molecular weight excluding hydrogens is 274 g/mol. The normalized spacial score (nSPS) is 26.8. The molecule has 116 valence electrons. The number of rotatable bonds is 0. The molecule has 4 heteroatoms. The summed E-state index contributed by atoms with van der Waals surface area (Å²) in [5, 5.41) is 4.74. The van der Waals surface area contributed by atoms with Gasteiger partial charge in [0.1, 0.15) is 11.4 Å². The van der Waals surface area contributed by atoms with Crippen LogP contribution in [-0.2, 0) is 0 Å². The maximum absolute atomic E-state index is 6.48. The summed E-state index contributed by atoms with van der Waals surface area (Å²) in [5.41, 5.74) is 1.93. The fourth-order valence-corrected chi connectivity index (χ4v) is 4.22. The molecule has 0 aliphatic carbocycles. The van der Waals surface area contributed by atoms with E-state index in [1.807, 2.05) is 12.3 Å². The highest BCUT2D eigenvalue weighted by atomic mass is 16.5. The molecule has 4 nitrogen and oxygen atoms in total. The lowest BCUT2D eigenvalue weighted by molar-refractivity contribution is -0.00447. The first kappa shape index (κ1) is 13.8. The zero-order valence-corrected chi connectivity index (χ0v) is 13.5. The zero-order chi connectivity index (χ0) is 15.4. The molecule has 1 N–H and O–H groups in total. The van der Waals surface area contributed by atoms with E-state index in [1.165, 1.54) is 17.5 Å². The largest absolute Gasteiger partial charge is 0.483 e. The zero-order valence-electron chi connectivity index (χ0n) is 13.5. The van der Waals surface area contributed by atoms with Crippen LogP contribution in [0.15, 0.2) is 30.5 Å². The fraction of sp³-hybridized carbons (Fsp3) is 0.500. The average molecular weight is 297 g/mol. The van der Waals surface area contributed by atoms with Crippen LogP contribution in [0.3, 0.4) is 0 Å². The van der Waals surface area contributed by atoms with Crippen molar-refractivity contribution in [2.45, 2.75) is 37.8 Å². The Balaban J connectivity index is 1.96. The van der Waals surface area contributed by atoms with Crippen LogP contribution in [0.1, 0.15) is 26.7 Å². The van der Waals surface area contributed by atoms with Gasteiger partial charge in [0.25, 0.3) is 0 Å². The Morgan fingerprint density at radius 2 is 2.14 bits per heavy atom. The molecule has 1 atom stereocenters. The van der Waals surface area contributed by atoms with E-state index in [1.54, 1.807) is 0 Å². The molecule has 1 aromatic carbocycles. The van der Waals surface area contributed by atoms with Crippen molar-refractivity contribution < 1.29 is 4.74 Å². The van der Waals surface area contributed by atoms with Gasteiger partial charge in [-0.15, -0.1) is 0 Å². The Kier molecular flexibility index (Phi) is 2.89. The number of ether oxygens (including phenoxy) is 1. The third-order valence-corrected chi connectivity index (χ3v) is 5.54. The van der Waals surface area contributed by atoms with Gasteiger partial charge in [-0.25, -0.2) is 0 Å². The van der Waals surface area contributed by atoms with E-state index in [2.05, 4.69) is 54.3 Å². The number of likely N-dealkylation sites (N-methyl/N-ethyl adjacent to an activating group) is 1. The molecule has 0 saturated carbocycles. The van der Waals surface area contributed by atoms with E-state index < -0.39 is 0 Å². The number of hydrogen-bond donors (Lipinski definition) is 1. The molecular formula is C18H23N3O. The van der Waals surface area contributed by atoms with Gasteiger partial charge >= 0.3 is 0 Å². The van der Waals surface area contributed by atoms with Gasteiger partial charge in [-0.1, -0.05) is 0 Å². The monoisotopic (exact) mass is 297 g/mol. The van der Waals surface area contributed by atoms with Gasteiger partial charge < -0.3 is 15.0 Å². The summed E-state index contributed by atoms with van der Waals surface area (Å²) < 4.78 is 6.48. The molecule has 1 unspecified atom stereocenters. The molecule has 3 heterocycles. The van der Waals surface area contributed by atoms with Crippen molar-refractivity contribution in [1.82, 2.24) is 10.3 Å². The number of aromatic nitrogens is 1. The van der Waals surface area contributed by atoms with Crippen LogP contribution in [-0.4, -0.2) is 36.3 Å². The molecule has 2 aliphatic heterocycles. The summed E-state index contributed by atoms with van der Waals surface area (Å²) >= 11 is 0. The third kappa shape index (κ3) is 1.70. The first-order valence-corrected chi connectivity index (χ1v) is 8.06. The number of fused-ring (bicyclic) bond motifs is 3. The van der Waals surface area contributed by atoms with Crippen LogP contribution in [0.5, 0.6) is 5.75 Å². The van der Waals surface area contributed by atoms with Gasteiger partial charge in [-0.05, 0) is 57.5 Å². The van der Waals surface area contributed by atoms with Crippen molar-refractivity contribution in [2.24, 2.45) is 0 Å². The van der Waals surface area contributed by atoms with E-state index >= 15 is 0 Å². The standard InChI is InChI=1S/C18H23N3O/c1-17(2)18(9-5-10-19-12-18)21(3)16-13-6-4-11-20-14(13)7-8-15(16)22-17/h4,6-8,11,19H,5,9-10,12H2,1-3H3. The first-order chi connectivity index (χ1) is 10.6. The van der Waals surface area contributed by atoms with Crippen molar-refractivity contribution in [1.29, 1.82) is 0 Å². The molecule has 2 aromatic rings. The summed E-state index contributed by atoms with van der Waals surface area (Å²) in [5.74, 6) is 0.962. The minimum Gasteiger partial charge on any atom is -0.483 e. The predicted molar refractivity (Wildman–Crippen MR) is 89.7 cm³/mol. The van der Waals surface area contributed by atoms with Gasteiger partial charge in [0.05, 0.1) is 16.7 Å². The molecule has 0 amide bonds. The Bertz CT molecular complexity index is 719. The van der Waals surface area contributed by atoms with Gasteiger partial charge in [0.2, 0.25) is 0 Å². The summed E-state index contributed by atoms with van der Waals surface area (Å²) in [6.07, 6.45) is 4.16. The SMILES string of the molecule is CN1c2c(ccc3ncccc23)OC(C)(C)C12CCCNC2. The smallest absolute Gasteiger partial charge is 0.144 e. The Morgan fingerprint density at radius 3 is 2.91 bits per heavy atom. The molecule has 1 aromatic heterocycles. The second-order valence-electron chi connectivity index (χ2n) is 6.97. The highest BCUT2D eigenvalue weighted by Gasteiger charge is 2.54.